The van der Waals surface area contributed by atoms with Gasteiger partial charge in [-0.1, -0.05) is 84.9 Å². The highest BCUT2D eigenvalue weighted by atomic mass is 32.2. The Balaban J connectivity index is 0.000000163. The lowest BCUT2D eigenvalue weighted by molar-refractivity contribution is 0.482. The molecule has 8 aromatic rings. The van der Waals surface area contributed by atoms with Crippen molar-refractivity contribution < 1.29 is 17.9 Å². The van der Waals surface area contributed by atoms with Crippen LogP contribution in [0.15, 0.2) is 204 Å². The Kier molecular flexibility index (Phi) is 10.0. The Bertz CT molecular complexity index is 2640. The molecule has 0 aliphatic heterocycles. The van der Waals surface area contributed by atoms with Gasteiger partial charge in [0.15, 0.2) is 0 Å². The van der Waals surface area contributed by atoms with Crippen molar-refractivity contribution in [2.45, 2.75) is 15.2 Å². The highest BCUT2D eigenvalue weighted by Gasteiger charge is 2.45. The van der Waals surface area contributed by atoms with E-state index in [-0.39, 0.29) is 15.2 Å². The minimum absolute atomic E-state index is 0.164. The number of fused-ring (bicyclic) bond motifs is 3. The molecule has 0 amide bonds. The van der Waals surface area contributed by atoms with E-state index in [0.717, 1.165) is 11.4 Å². The fourth-order valence-electron chi connectivity index (χ4n) is 7.43. The van der Waals surface area contributed by atoms with Crippen LogP contribution in [0.2, 0.25) is 0 Å². The zero-order valence-electron chi connectivity index (χ0n) is 31.3. The van der Waals surface area contributed by atoms with Gasteiger partial charge in [0.05, 0.1) is 15.2 Å². The van der Waals surface area contributed by atoms with E-state index >= 15 is 0 Å². The first-order valence-electron chi connectivity index (χ1n) is 18.5. The first kappa shape index (κ1) is 37.4. The predicted molar refractivity (Wildman–Crippen MR) is 233 cm³/mol. The molecule has 0 fully saturated rings. The molecule has 0 radical (unpaired) electrons. The number of anilines is 4. The summed E-state index contributed by atoms with van der Waals surface area (Å²) in [5.41, 5.74) is 33.4. The molecule has 8 nitrogen and oxygen atoms in total. The van der Waals surface area contributed by atoms with Gasteiger partial charge in [-0.3, -0.25) is 0 Å². The van der Waals surface area contributed by atoms with Gasteiger partial charge >= 0.3 is 0 Å². The Morgan fingerprint density at radius 3 is 1.12 bits per heavy atom. The molecule has 1 aliphatic carbocycles. The van der Waals surface area contributed by atoms with Gasteiger partial charge in [-0.05, 0) is 130 Å². The average Bonchev–Trinajstić information content (AvgIpc) is 3.53. The second-order valence-electron chi connectivity index (χ2n) is 13.9. The maximum Gasteiger partial charge on any atom is 0.206 e. The molecule has 0 heterocycles. The van der Waals surface area contributed by atoms with Crippen LogP contribution in [0.25, 0.3) is 11.1 Å². The summed E-state index contributed by atoms with van der Waals surface area (Å²) >= 11 is 0. The molecule has 8 N–H and O–H groups in total. The minimum Gasteiger partial charge on any atom is -0.457 e. The fourth-order valence-corrected chi connectivity index (χ4v) is 8.69. The quantitative estimate of drug-likeness (QED) is 0.111. The van der Waals surface area contributed by atoms with E-state index in [0.29, 0.717) is 34.4 Å². The summed E-state index contributed by atoms with van der Waals surface area (Å²) in [6.45, 7) is 0. The molecule has 0 atom stereocenters. The molecule has 0 aromatic heterocycles. The molecule has 8 aromatic carbocycles. The summed E-state index contributed by atoms with van der Waals surface area (Å²) in [5.74, 6) is 2.17. The van der Waals surface area contributed by atoms with Crippen molar-refractivity contribution in [3.8, 4) is 34.1 Å². The summed E-state index contributed by atoms with van der Waals surface area (Å²) in [6, 6.07) is 60.3. The summed E-state index contributed by atoms with van der Waals surface area (Å²) in [5, 5.41) is 0. The van der Waals surface area contributed by atoms with Crippen molar-refractivity contribution in [2.75, 3.05) is 22.9 Å². The van der Waals surface area contributed by atoms with Crippen molar-refractivity contribution in [2.24, 2.45) is 0 Å². The fraction of sp³-hybridized carbons (Fsp3) is 0.0204. The molecule has 9 rings (SSSR count). The van der Waals surface area contributed by atoms with Crippen LogP contribution in [-0.2, 0) is 15.3 Å². The first-order chi connectivity index (χ1) is 28.1. The minimum atomic E-state index is -3.68. The third kappa shape index (κ3) is 7.30. The van der Waals surface area contributed by atoms with Crippen molar-refractivity contribution >= 4 is 32.6 Å². The van der Waals surface area contributed by atoms with Gasteiger partial charge in [0.2, 0.25) is 9.84 Å². The largest absolute Gasteiger partial charge is 0.457 e. The van der Waals surface area contributed by atoms with Crippen LogP contribution in [0, 0.1) is 0 Å². The number of rotatable bonds is 8. The number of nitrogen functional groups attached to an aromatic ring is 4. The topological polar surface area (TPSA) is 157 Å². The Morgan fingerprint density at radius 1 is 0.362 bits per heavy atom. The van der Waals surface area contributed by atoms with Crippen LogP contribution in [0.4, 0.5) is 22.7 Å². The molecule has 9 heteroatoms. The van der Waals surface area contributed by atoms with Crippen LogP contribution in [-0.4, -0.2) is 8.42 Å². The van der Waals surface area contributed by atoms with Gasteiger partial charge in [0, 0.05) is 34.9 Å². The van der Waals surface area contributed by atoms with Gasteiger partial charge < -0.3 is 32.4 Å². The van der Waals surface area contributed by atoms with Gasteiger partial charge in [-0.15, -0.1) is 0 Å². The number of hydrogen-bond donors (Lipinski definition) is 4. The van der Waals surface area contributed by atoms with Crippen molar-refractivity contribution in [3.05, 3.63) is 216 Å². The Hall–Kier alpha value is -7.49. The van der Waals surface area contributed by atoms with Crippen molar-refractivity contribution in [1.82, 2.24) is 0 Å². The summed E-state index contributed by atoms with van der Waals surface area (Å²) in [6.07, 6.45) is 0. The van der Waals surface area contributed by atoms with E-state index < -0.39 is 9.84 Å². The molecule has 286 valence electrons. The maximum absolute atomic E-state index is 12.9. The summed E-state index contributed by atoms with van der Waals surface area (Å²) in [4.78, 5) is 0.328. The maximum atomic E-state index is 12.9. The molecule has 0 saturated heterocycles. The Labute approximate surface area is 337 Å². The van der Waals surface area contributed by atoms with Crippen LogP contribution in [0.5, 0.6) is 23.0 Å². The summed E-state index contributed by atoms with van der Waals surface area (Å²) < 4.78 is 37.3. The van der Waals surface area contributed by atoms with E-state index in [2.05, 4.69) is 72.8 Å². The van der Waals surface area contributed by atoms with Crippen LogP contribution >= 0.6 is 0 Å². The van der Waals surface area contributed by atoms with E-state index in [1.807, 2.05) is 24.3 Å². The first-order valence-corrected chi connectivity index (χ1v) is 20.0. The van der Waals surface area contributed by atoms with Gasteiger partial charge in [0.1, 0.15) is 23.0 Å². The van der Waals surface area contributed by atoms with Gasteiger partial charge in [-0.2, -0.15) is 0 Å². The SMILES string of the molecule is Nc1ccc(C2(c3ccc(N)cc3)c3ccccc3-c3ccccc32)cc1.Nc1cccc(Oc2ccc(S(=O)(=O)c3ccc(Oc4cccc(N)c4)cc3)cc2)c1. The average molecular weight is 781 g/mol. The van der Waals surface area contributed by atoms with Crippen molar-refractivity contribution in [3.63, 3.8) is 0 Å². The van der Waals surface area contributed by atoms with Crippen LogP contribution in [0.1, 0.15) is 22.3 Å². The lowest BCUT2D eigenvalue weighted by atomic mass is 9.67. The molecule has 0 bridgehead atoms. The van der Waals surface area contributed by atoms with E-state index in [4.69, 9.17) is 32.4 Å². The molecule has 1 aliphatic rings. The monoisotopic (exact) mass is 780 g/mol. The molecule has 58 heavy (non-hydrogen) atoms. The van der Waals surface area contributed by atoms with Crippen LogP contribution in [0.3, 0.4) is 0 Å². The van der Waals surface area contributed by atoms with Crippen LogP contribution < -0.4 is 32.4 Å². The van der Waals surface area contributed by atoms with Gasteiger partial charge in [0.25, 0.3) is 0 Å². The zero-order chi connectivity index (χ0) is 40.3. The standard InChI is InChI=1S/C25H20N2.C24H20N2O4S/c26-19-13-9-17(10-14-19)25(18-11-15-20(27)16-12-18)23-7-3-1-5-21(23)22-6-2-4-8-24(22)25;25-17-3-1-5-21(15-17)29-19-7-11-23(12-8-19)31(27,28)24-13-9-20(10-14-24)30-22-6-2-4-18(26)16-22/h1-16H,26-27H2;1-16H,25-26H2. The summed E-state index contributed by atoms with van der Waals surface area (Å²) in [7, 11) is -3.68. The number of ether oxygens (including phenoxy) is 2. The second-order valence-corrected chi connectivity index (χ2v) is 15.8. The molecular weight excluding hydrogens is 741 g/mol. The lowest BCUT2D eigenvalue weighted by Gasteiger charge is -2.34. The highest BCUT2D eigenvalue weighted by molar-refractivity contribution is 7.91. The van der Waals surface area contributed by atoms with E-state index in [1.54, 1.807) is 72.8 Å². The molecule has 0 spiro atoms. The smallest absolute Gasteiger partial charge is 0.206 e. The normalized spacial score (nSPS) is 12.3. The number of sulfone groups is 1. The lowest BCUT2D eigenvalue weighted by Crippen LogP contribution is -2.28. The van der Waals surface area contributed by atoms with Gasteiger partial charge in [-0.25, -0.2) is 8.42 Å². The van der Waals surface area contributed by atoms with Crippen molar-refractivity contribution in [1.29, 1.82) is 0 Å². The number of benzene rings is 8. The number of nitrogens with two attached hydrogens (primary N) is 4. The Morgan fingerprint density at radius 2 is 0.741 bits per heavy atom. The predicted octanol–water partition coefficient (Wildman–Crippen LogP) is 10.5. The third-order valence-electron chi connectivity index (χ3n) is 10.1. The molecule has 0 saturated carbocycles. The zero-order valence-corrected chi connectivity index (χ0v) is 32.1. The third-order valence-corrected chi connectivity index (χ3v) is 11.9. The highest BCUT2D eigenvalue weighted by Crippen LogP contribution is 2.56. The molecule has 0 unspecified atom stereocenters. The van der Waals surface area contributed by atoms with E-state index in [9.17, 15) is 8.42 Å². The number of hydrogen-bond acceptors (Lipinski definition) is 8. The van der Waals surface area contributed by atoms with E-state index in [1.165, 1.54) is 57.6 Å². The second kappa shape index (κ2) is 15.6. The molecular formula is C49H40N4O4S.